The van der Waals surface area contributed by atoms with Gasteiger partial charge in [-0.05, 0) is 45.6 Å². The van der Waals surface area contributed by atoms with Gasteiger partial charge in [-0.1, -0.05) is 30.3 Å². The van der Waals surface area contributed by atoms with Crippen LogP contribution in [0.15, 0.2) is 30.3 Å². The molecule has 2 fully saturated rings. The molecule has 1 aromatic rings. The van der Waals surface area contributed by atoms with E-state index < -0.39 is 20.3 Å². The van der Waals surface area contributed by atoms with Gasteiger partial charge < -0.3 is 14.2 Å². The van der Waals surface area contributed by atoms with E-state index in [1.54, 1.807) is 32.2 Å². The number of rotatable bonds is 7. The van der Waals surface area contributed by atoms with Crippen LogP contribution in [-0.4, -0.2) is 55.7 Å². The van der Waals surface area contributed by atoms with Crippen molar-refractivity contribution in [3.8, 4) is 0 Å². The van der Waals surface area contributed by atoms with E-state index in [4.69, 9.17) is 14.2 Å². The van der Waals surface area contributed by atoms with Crippen LogP contribution in [-0.2, 0) is 30.8 Å². The van der Waals surface area contributed by atoms with Gasteiger partial charge >= 0.3 is 0 Å². The molecule has 0 bridgehead atoms. The Balaban J connectivity index is 1.68. The summed E-state index contributed by atoms with van der Waals surface area (Å²) in [5.41, 5.74) is 0.733. The molecule has 1 aromatic carbocycles. The second-order valence-corrected chi connectivity index (χ2v) is 11.2. The van der Waals surface area contributed by atoms with Crippen LogP contribution < -0.4 is 0 Å². The molecule has 1 saturated carbocycles. The van der Waals surface area contributed by atoms with E-state index in [0.29, 0.717) is 32.4 Å². The predicted octanol–water partition coefficient (Wildman–Crippen LogP) is 2.93. The highest BCUT2D eigenvalue weighted by Crippen LogP contribution is 2.50. The maximum atomic E-state index is 13.2. The number of methoxy groups -OCH3 is 1. The lowest BCUT2D eigenvalue weighted by Gasteiger charge is -2.50. The molecule has 1 unspecified atom stereocenters. The largest absolute Gasteiger partial charge is 0.373 e. The second-order valence-electron chi connectivity index (χ2n) is 8.60. The molecule has 0 radical (unpaired) electrons. The molecule has 3 rings (SSSR count). The topological polar surface area (TPSA) is 65.1 Å². The van der Waals surface area contributed by atoms with Gasteiger partial charge in [0.15, 0.2) is 0 Å². The third-order valence-electron chi connectivity index (χ3n) is 5.54. The summed E-state index contributed by atoms with van der Waals surface area (Å²) in [6.45, 7) is 6.37. The van der Waals surface area contributed by atoms with Gasteiger partial charge in [-0.3, -0.25) is 0 Å². The lowest BCUT2D eigenvalue weighted by Crippen LogP contribution is -2.60. The fourth-order valence-electron chi connectivity index (χ4n) is 3.99. The predicted molar refractivity (Wildman–Crippen MR) is 104 cm³/mol. The number of benzene rings is 1. The Labute approximate surface area is 162 Å². The standard InChI is InChI=1S/C20H31NO5S/c1-19(2,3)27(22,23)21-13-18(26-15-24-4)12-20(21)10-17(11-20)25-14-16-8-6-5-7-9-16/h5-9,17-18H,10-15H2,1-4H3. The first kappa shape index (κ1) is 20.7. The van der Waals surface area contributed by atoms with Crippen molar-refractivity contribution in [3.63, 3.8) is 0 Å². The lowest BCUT2D eigenvalue weighted by atomic mass is 9.73. The molecule has 7 heteroatoms. The molecule has 1 aliphatic heterocycles. The molecule has 1 spiro atoms. The number of ether oxygens (including phenoxy) is 3. The van der Waals surface area contributed by atoms with E-state index >= 15 is 0 Å². The third-order valence-corrected chi connectivity index (χ3v) is 8.20. The first-order chi connectivity index (χ1) is 12.7. The highest BCUT2D eigenvalue weighted by Gasteiger charge is 2.60. The van der Waals surface area contributed by atoms with Crippen molar-refractivity contribution in [1.82, 2.24) is 4.31 Å². The summed E-state index contributed by atoms with van der Waals surface area (Å²) in [6.07, 6.45) is 2.04. The number of hydrogen-bond acceptors (Lipinski definition) is 5. The van der Waals surface area contributed by atoms with Crippen molar-refractivity contribution in [3.05, 3.63) is 35.9 Å². The maximum Gasteiger partial charge on any atom is 0.219 e. The Morgan fingerprint density at radius 3 is 2.30 bits per heavy atom. The minimum atomic E-state index is -3.44. The SMILES string of the molecule is COCOC1CN(S(=O)(=O)C(C)(C)C)C2(C1)CC(OCc1ccccc1)C2. The lowest BCUT2D eigenvalue weighted by molar-refractivity contribution is -0.0887. The number of sulfonamides is 1. The average Bonchev–Trinajstić information content (AvgIpc) is 2.97. The number of hydrogen-bond donors (Lipinski definition) is 0. The molecular formula is C20H31NO5S. The Hall–Kier alpha value is -0.990. The third kappa shape index (κ3) is 4.22. The van der Waals surface area contributed by atoms with E-state index in [2.05, 4.69) is 0 Å². The smallest absolute Gasteiger partial charge is 0.219 e. The minimum absolute atomic E-state index is 0.0732. The fraction of sp³-hybridized carbons (Fsp3) is 0.700. The molecule has 1 atom stereocenters. The van der Waals surface area contributed by atoms with Gasteiger partial charge in [-0.15, -0.1) is 0 Å². The van der Waals surface area contributed by atoms with Crippen molar-refractivity contribution >= 4 is 10.0 Å². The van der Waals surface area contributed by atoms with Gasteiger partial charge in [0.05, 0.1) is 23.6 Å². The first-order valence-corrected chi connectivity index (χ1v) is 10.9. The van der Waals surface area contributed by atoms with Crippen LogP contribution in [0.3, 0.4) is 0 Å². The molecule has 1 heterocycles. The molecule has 2 aliphatic rings. The Morgan fingerprint density at radius 1 is 1.07 bits per heavy atom. The van der Waals surface area contributed by atoms with Gasteiger partial charge in [0.25, 0.3) is 0 Å². The highest BCUT2D eigenvalue weighted by molar-refractivity contribution is 7.90. The molecule has 0 N–H and O–H groups in total. The van der Waals surface area contributed by atoms with Crippen LogP contribution in [0.4, 0.5) is 0 Å². The second kappa shape index (κ2) is 7.79. The zero-order valence-corrected chi connectivity index (χ0v) is 17.5. The summed E-state index contributed by atoms with van der Waals surface area (Å²) in [6, 6.07) is 10.0. The van der Waals surface area contributed by atoms with Crippen molar-refractivity contribution in [2.45, 2.75) is 69.1 Å². The minimum Gasteiger partial charge on any atom is -0.373 e. The average molecular weight is 398 g/mol. The van der Waals surface area contributed by atoms with Gasteiger partial charge in [-0.2, -0.15) is 4.31 Å². The number of nitrogens with zero attached hydrogens (tertiary/aromatic N) is 1. The van der Waals surface area contributed by atoms with E-state index in [9.17, 15) is 8.42 Å². The quantitative estimate of drug-likeness (QED) is 0.662. The molecule has 152 valence electrons. The van der Waals surface area contributed by atoms with Crippen LogP contribution in [0.5, 0.6) is 0 Å². The van der Waals surface area contributed by atoms with Gasteiger partial charge in [-0.25, -0.2) is 8.42 Å². The first-order valence-electron chi connectivity index (χ1n) is 9.46. The van der Waals surface area contributed by atoms with E-state index in [1.165, 1.54) is 0 Å². The van der Waals surface area contributed by atoms with Crippen molar-refractivity contribution in [1.29, 1.82) is 0 Å². The van der Waals surface area contributed by atoms with Crippen LogP contribution in [0, 0.1) is 0 Å². The summed E-state index contributed by atoms with van der Waals surface area (Å²) in [5.74, 6) is 0. The Morgan fingerprint density at radius 2 is 1.70 bits per heavy atom. The fourth-order valence-corrected chi connectivity index (χ4v) is 5.75. The maximum absolute atomic E-state index is 13.2. The van der Waals surface area contributed by atoms with Crippen molar-refractivity contribution < 1.29 is 22.6 Å². The Kier molecular flexibility index (Phi) is 5.99. The summed E-state index contributed by atoms with van der Waals surface area (Å²) in [4.78, 5) is 0. The molecule has 27 heavy (non-hydrogen) atoms. The van der Waals surface area contributed by atoms with E-state index in [-0.39, 0.29) is 19.0 Å². The summed E-state index contributed by atoms with van der Waals surface area (Å²) < 4.78 is 43.9. The molecular weight excluding hydrogens is 366 g/mol. The van der Waals surface area contributed by atoms with Crippen molar-refractivity contribution in [2.75, 3.05) is 20.4 Å². The van der Waals surface area contributed by atoms with Crippen LogP contribution >= 0.6 is 0 Å². The monoisotopic (exact) mass is 397 g/mol. The Bertz CT molecular complexity index is 722. The molecule has 0 amide bonds. The summed E-state index contributed by atoms with van der Waals surface area (Å²) in [7, 11) is -1.86. The van der Waals surface area contributed by atoms with Crippen LogP contribution in [0.1, 0.15) is 45.6 Å². The van der Waals surface area contributed by atoms with Gasteiger partial charge in [0.2, 0.25) is 10.0 Å². The highest BCUT2D eigenvalue weighted by atomic mass is 32.2. The normalized spacial score (nSPS) is 29.2. The van der Waals surface area contributed by atoms with E-state index in [1.807, 2.05) is 30.3 Å². The summed E-state index contributed by atoms with van der Waals surface area (Å²) >= 11 is 0. The molecule has 0 aromatic heterocycles. The molecule has 1 saturated heterocycles. The molecule has 1 aliphatic carbocycles. The van der Waals surface area contributed by atoms with Crippen LogP contribution in [0.2, 0.25) is 0 Å². The van der Waals surface area contributed by atoms with E-state index in [0.717, 1.165) is 5.56 Å². The van der Waals surface area contributed by atoms with Crippen LogP contribution in [0.25, 0.3) is 0 Å². The summed E-state index contributed by atoms with van der Waals surface area (Å²) in [5, 5.41) is 0. The van der Waals surface area contributed by atoms with Gasteiger partial charge in [0.1, 0.15) is 6.79 Å². The van der Waals surface area contributed by atoms with Crippen molar-refractivity contribution in [2.24, 2.45) is 0 Å². The van der Waals surface area contributed by atoms with Gasteiger partial charge in [0, 0.05) is 19.2 Å². The zero-order chi connectivity index (χ0) is 19.7. The zero-order valence-electron chi connectivity index (χ0n) is 16.7. The molecule has 6 nitrogen and oxygen atoms in total.